The van der Waals surface area contributed by atoms with E-state index in [-0.39, 0.29) is 5.69 Å². The highest BCUT2D eigenvalue weighted by Crippen LogP contribution is 2.08. The molecule has 2 heterocycles. The molecule has 0 radical (unpaired) electrons. The second-order valence-corrected chi connectivity index (χ2v) is 5.80. The number of pyridine rings is 1. The Bertz CT molecular complexity index is 463. The number of nitrogens with zero attached hydrogens (tertiary/aromatic N) is 3. The highest BCUT2D eigenvalue weighted by Gasteiger charge is 2.06. The molecule has 2 rings (SSSR count). The lowest BCUT2D eigenvalue weighted by molar-refractivity contribution is 0.0690. The van der Waals surface area contributed by atoms with Crippen LogP contribution in [-0.4, -0.2) is 46.1 Å². The standard InChI is InChI=1S/C12H24N2.C6H5NO2/c1-3-4-5-6-7-8-9-14-11-10-13(2)12-14;8-6(9)5-3-1-2-4-7-5/h10-11H,3-9,12H2,1-2H3;1-4H,(H,8,9). The van der Waals surface area contributed by atoms with Crippen LogP contribution in [0.5, 0.6) is 0 Å². The quantitative estimate of drug-likeness (QED) is 0.739. The minimum atomic E-state index is -0.990. The van der Waals surface area contributed by atoms with Crippen molar-refractivity contribution in [1.29, 1.82) is 0 Å². The van der Waals surface area contributed by atoms with Crippen molar-refractivity contribution in [3.8, 4) is 0 Å². The van der Waals surface area contributed by atoms with Crippen molar-refractivity contribution in [2.45, 2.75) is 45.4 Å². The number of aromatic nitrogens is 1. The smallest absolute Gasteiger partial charge is 0.354 e. The normalized spacial score (nSPS) is 13.0. The molecule has 0 atom stereocenters. The van der Waals surface area contributed by atoms with Gasteiger partial charge in [-0.05, 0) is 18.6 Å². The Hall–Kier alpha value is -2.04. The number of aromatic carboxylic acids is 1. The fourth-order valence-corrected chi connectivity index (χ4v) is 2.32. The van der Waals surface area contributed by atoms with E-state index in [0.29, 0.717) is 0 Å². The fourth-order valence-electron chi connectivity index (χ4n) is 2.32. The molecule has 0 fully saturated rings. The zero-order valence-electron chi connectivity index (χ0n) is 14.3. The van der Waals surface area contributed by atoms with Gasteiger partial charge < -0.3 is 14.9 Å². The zero-order chi connectivity index (χ0) is 16.9. The highest BCUT2D eigenvalue weighted by molar-refractivity contribution is 5.85. The molecule has 0 aromatic carbocycles. The van der Waals surface area contributed by atoms with Crippen LogP contribution in [0.1, 0.15) is 55.9 Å². The Morgan fingerprint density at radius 1 is 1.17 bits per heavy atom. The molecule has 0 aliphatic carbocycles. The molecule has 1 N–H and O–H groups in total. The first kappa shape index (κ1) is 19.0. The fraction of sp³-hybridized carbons (Fsp3) is 0.556. The van der Waals surface area contributed by atoms with E-state index >= 15 is 0 Å². The second-order valence-electron chi connectivity index (χ2n) is 5.80. The number of carbonyl (C=O) groups is 1. The van der Waals surface area contributed by atoms with Gasteiger partial charge in [0.15, 0.2) is 0 Å². The number of unbranched alkanes of at least 4 members (excludes halogenated alkanes) is 5. The van der Waals surface area contributed by atoms with E-state index in [1.165, 1.54) is 57.3 Å². The Labute approximate surface area is 139 Å². The van der Waals surface area contributed by atoms with Crippen molar-refractivity contribution >= 4 is 5.97 Å². The summed E-state index contributed by atoms with van der Waals surface area (Å²) in [5.41, 5.74) is 0.0810. The van der Waals surface area contributed by atoms with Crippen molar-refractivity contribution in [2.75, 3.05) is 20.3 Å². The molecule has 5 heteroatoms. The summed E-state index contributed by atoms with van der Waals surface area (Å²) in [5, 5.41) is 8.32. The summed E-state index contributed by atoms with van der Waals surface area (Å²) in [5.74, 6) is -0.990. The highest BCUT2D eigenvalue weighted by atomic mass is 16.4. The lowest BCUT2D eigenvalue weighted by Crippen LogP contribution is -2.23. The molecule has 0 bridgehead atoms. The van der Waals surface area contributed by atoms with Crippen LogP contribution < -0.4 is 0 Å². The molecule has 0 spiro atoms. The van der Waals surface area contributed by atoms with E-state index in [0.717, 1.165) is 6.67 Å². The minimum absolute atomic E-state index is 0.0810. The largest absolute Gasteiger partial charge is 0.477 e. The van der Waals surface area contributed by atoms with Crippen molar-refractivity contribution in [3.63, 3.8) is 0 Å². The molecule has 5 nitrogen and oxygen atoms in total. The third kappa shape index (κ3) is 8.86. The number of hydrogen-bond acceptors (Lipinski definition) is 4. The Balaban J connectivity index is 0.000000253. The van der Waals surface area contributed by atoms with Gasteiger partial charge in [0.25, 0.3) is 0 Å². The summed E-state index contributed by atoms with van der Waals surface area (Å²) >= 11 is 0. The molecule has 1 aliphatic rings. The third-order valence-corrected chi connectivity index (χ3v) is 3.62. The van der Waals surface area contributed by atoms with Gasteiger partial charge in [-0.1, -0.05) is 45.1 Å². The van der Waals surface area contributed by atoms with Crippen LogP contribution in [0.25, 0.3) is 0 Å². The minimum Gasteiger partial charge on any atom is -0.477 e. The maximum atomic E-state index is 10.1. The van der Waals surface area contributed by atoms with Gasteiger partial charge in [0.1, 0.15) is 5.69 Å². The Morgan fingerprint density at radius 2 is 1.91 bits per heavy atom. The van der Waals surface area contributed by atoms with E-state index < -0.39 is 5.97 Å². The summed E-state index contributed by atoms with van der Waals surface area (Å²) in [6.07, 6.45) is 14.1. The molecular weight excluding hydrogens is 290 g/mol. The Morgan fingerprint density at radius 3 is 2.43 bits per heavy atom. The summed E-state index contributed by atoms with van der Waals surface area (Å²) in [6, 6.07) is 4.76. The molecule has 0 saturated heterocycles. The van der Waals surface area contributed by atoms with Crippen molar-refractivity contribution in [3.05, 3.63) is 42.5 Å². The van der Waals surface area contributed by atoms with Crippen LogP contribution in [0.15, 0.2) is 36.8 Å². The monoisotopic (exact) mass is 319 g/mol. The maximum absolute atomic E-state index is 10.1. The zero-order valence-corrected chi connectivity index (χ0v) is 14.3. The summed E-state index contributed by atoms with van der Waals surface area (Å²) < 4.78 is 0. The first-order valence-electron chi connectivity index (χ1n) is 8.40. The van der Waals surface area contributed by atoms with Gasteiger partial charge in [-0.2, -0.15) is 0 Å². The van der Waals surface area contributed by atoms with E-state index in [2.05, 4.69) is 41.2 Å². The first-order valence-corrected chi connectivity index (χ1v) is 8.40. The van der Waals surface area contributed by atoms with Crippen LogP contribution in [-0.2, 0) is 0 Å². The molecule has 0 amide bonds. The van der Waals surface area contributed by atoms with Crippen molar-refractivity contribution in [2.24, 2.45) is 0 Å². The molecule has 128 valence electrons. The van der Waals surface area contributed by atoms with E-state index in [1.807, 2.05) is 0 Å². The van der Waals surface area contributed by atoms with Gasteiger partial charge in [0, 0.05) is 32.2 Å². The molecule has 23 heavy (non-hydrogen) atoms. The number of carboxylic acid groups (broad SMARTS) is 1. The Kier molecular flexibility index (Phi) is 9.52. The molecular formula is C18H29N3O2. The van der Waals surface area contributed by atoms with Crippen LogP contribution in [0.4, 0.5) is 0 Å². The van der Waals surface area contributed by atoms with Gasteiger partial charge in [-0.3, -0.25) is 0 Å². The molecule has 0 saturated carbocycles. The molecule has 0 unspecified atom stereocenters. The van der Waals surface area contributed by atoms with Crippen molar-refractivity contribution < 1.29 is 9.90 Å². The lowest BCUT2D eigenvalue weighted by atomic mass is 10.1. The maximum Gasteiger partial charge on any atom is 0.354 e. The van der Waals surface area contributed by atoms with E-state index in [9.17, 15) is 4.79 Å². The summed E-state index contributed by atoms with van der Waals surface area (Å²) in [6.45, 7) is 4.58. The van der Waals surface area contributed by atoms with Gasteiger partial charge in [0.05, 0.1) is 6.67 Å². The average Bonchev–Trinajstić information content (AvgIpc) is 2.97. The molecule has 1 aliphatic heterocycles. The topological polar surface area (TPSA) is 56.7 Å². The van der Waals surface area contributed by atoms with Crippen LogP contribution in [0, 0.1) is 0 Å². The van der Waals surface area contributed by atoms with E-state index in [4.69, 9.17) is 5.11 Å². The SMILES string of the molecule is CCCCCCCCN1C=CN(C)C1.O=C(O)c1ccccn1. The van der Waals surface area contributed by atoms with E-state index in [1.54, 1.807) is 12.1 Å². The predicted octanol–water partition coefficient (Wildman–Crippen LogP) is 3.80. The second kappa shape index (κ2) is 11.5. The van der Waals surface area contributed by atoms with Gasteiger partial charge in [-0.25, -0.2) is 9.78 Å². The number of rotatable bonds is 8. The van der Waals surface area contributed by atoms with Crippen LogP contribution in [0.3, 0.4) is 0 Å². The van der Waals surface area contributed by atoms with Gasteiger partial charge in [0.2, 0.25) is 0 Å². The molecule has 1 aromatic heterocycles. The first-order chi connectivity index (χ1) is 11.1. The van der Waals surface area contributed by atoms with Gasteiger partial charge in [-0.15, -0.1) is 0 Å². The van der Waals surface area contributed by atoms with Gasteiger partial charge >= 0.3 is 5.97 Å². The van der Waals surface area contributed by atoms with Crippen molar-refractivity contribution in [1.82, 2.24) is 14.8 Å². The number of hydrogen-bond donors (Lipinski definition) is 1. The average molecular weight is 319 g/mol. The summed E-state index contributed by atoms with van der Waals surface area (Å²) in [7, 11) is 2.12. The third-order valence-electron chi connectivity index (χ3n) is 3.62. The lowest BCUT2D eigenvalue weighted by Gasteiger charge is -2.17. The predicted molar refractivity (Wildman–Crippen MR) is 93.0 cm³/mol. The van der Waals surface area contributed by atoms with Crippen LogP contribution >= 0.6 is 0 Å². The van der Waals surface area contributed by atoms with Crippen LogP contribution in [0.2, 0.25) is 0 Å². The number of carboxylic acids is 1. The molecule has 1 aromatic rings. The summed E-state index contributed by atoms with van der Waals surface area (Å²) in [4.78, 5) is 18.3.